The first-order valence-electron chi connectivity index (χ1n) is 6.06. The molecule has 1 heteroatoms. The SMILES string of the molecule is CC.CP.Cc1ccc(-c2ccccc2)cc1. The minimum absolute atomic E-state index is 1.28. The number of hydrogen-bond donors (Lipinski definition) is 0. The summed E-state index contributed by atoms with van der Waals surface area (Å²) >= 11 is 0. The van der Waals surface area contributed by atoms with Gasteiger partial charge >= 0.3 is 0 Å². The Balaban J connectivity index is 0.000000581. The van der Waals surface area contributed by atoms with Crippen LogP contribution in [0.1, 0.15) is 19.4 Å². The fourth-order valence-electron chi connectivity index (χ4n) is 1.38. The van der Waals surface area contributed by atoms with E-state index in [9.17, 15) is 0 Å². The summed E-state index contributed by atoms with van der Waals surface area (Å²) in [6.07, 6.45) is 0. The van der Waals surface area contributed by atoms with Gasteiger partial charge in [0.2, 0.25) is 0 Å². The quantitative estimate of drug-likeness (QED) is 0.608. The lowest BCUT2D eigenvalue weighted by Gasteiger charge is -2.00. The molecule has 0 saturated heterocycles. The minimum atomic E-state index is 1.28. The molecule has 92 valence electrons. The maximum atomic E-state index is 2.42. The summed E-state index contributed by atoms with van der Waals surface area (Å²) in [6, 6.07) is 19.0. The molecule has 0 amide bonds. The average Bonchev–Trinajstić information content (AvgIpc) is 2.45. The lowest BCUT2D eigenvalue weighted by atomic mass is 10.0. The van der Waals surface area contributed by atoms with E-state index in [0.29, 0.717) is 0 Å². The monoisotopic (exact) mass is 246 g/mol. The fraction of sp³-hybridized carbons (Fsp3) is 0.250. The Labute approximate surface area is 108 Å². The van der Waals surface area contributed by atoms with Crippen molar-refractivity contribution in [2.75, 3.05) is 6.66 Å². The van der Waals surface area contributed by atoms with Crippen molar-refractivity contribution in [2.45, 2.75) is 20.8 Å². The van der Waals surface area contributed by atoms with E-state index < -0.39 is 0 Å². The summed E-state index contributed by atoms with van der Waals surface area (Å²) in [6.45, 7) is 8.02. The van der Waals surface area contributed by atoms with Crippen molar-refractivity contribution in [3.05, 3.63) is 60.2 Å². The highest BCUT2D eigenvalue weighted by Gasteiger charge is 1.93. The third-order valence-electron chi connectivity index (χ3n) is 2.16. The first-order chi connectivity index (χ1) is 8.36. The Morgan fingerprint density at radius 1 is 0.647 bits per heavy atom. The van der Waals surface area contributed by atoms with E-state index in [4.69, 9.17) is 0 Å². The highest BCUT2D eigenvalue weighted by Crippen LogP contribution is 2.18. The smallest absolute Gasteiger partial charge is 0.0184 e. The lowest BCUT2D eigenvalue weighted by molar-refractivity contribution is 1.47. The van der Waals surface area contributed by atoms with Gasteiger partial charge in [0.1, 0.15) is 0 Å². The van der Waals surface area contributed by atoms with E-state index in [-0.39, 0.29) is 0 Å². The maximum Gasteiger partial charge on any atom is -0.0184 e. The van der Waals surface area contributed by atoms with Gasteiger partial charge in [-0.2, -0.15) is 0 Å². The molecule has 0 aromatic heterocycles. The molecule has 0 aliphatic heterocycles. The predicted octanol–water partition coefficient (Wildman–Crippen LogP) is 5.18. The van der Waals surface area contributed by atoms with Crippen molar-refractivity contribution < 1.29 is 0 Å². The highest BCUT2D eigenvalue weighted by molar-refractivity contribution is 7.15. The van der Waals surface area contributed by atoms with Crippen LogP contribution in [0, 0.1) is 6.92 Å². The first-order valence-corrected chi connectivity index (χ1v) is 7.21. The summed E-state index contributed by atoms with van der Waals surface area (Å²) in [5.41, 5.74) is 3.87. The Hall–Kier alpha value is -1.13. The minimum Gasteiger partial charge on any atom is -0.141 e. The van der Waals surface area contributed by atoms with Crippen molar-refractivity contribution in [2.24, 2.45) is 0 Å². The molecule has 0 fully saturated rings. The van der Waals surface area contributed by atoms with Crippen LogP contribution in [0.2, 0.25) is 0 Å². The van der Waals surface area contributed by atoms with Crippen LogP contribution in [0.4, 0.5) is 0 Å². The van der Waals surface area contributed by atoms with Crippen LogP contribution >= 0.6 is 9.24 Å². The van der Waals surface area contributed by atoms with Crippen molar-refractivity contribution >= 4 is 9.24 Å². The van der Waals surface area contributed by atoms with Gasteiger partial charge in [0.15, 0.2) is 0 Å². The van der Waals surface area contributed by atoms with E-state index in [0.717, 1.165) is 0 Å². The third-order valence-corrected chi connectivity index (χ3v) is 2.16. The molecule has 1 atom stereocenters. The molecule has 0 aliphatic rings. The number of aryl methyl sites for hydroxylation is 1. The van der Waals surface area contributed by atoms with E-state index >= 15 is 0 Å². The summed E-state index contributed by atoms with van der Waals surface area (Å²) in [4.78, 5) is 0. The topological polar surface area (TPSA) is 0 Å². The predicted molar refractivity (Wildman–Crippen MR) is 83.6 cm³/mol. The van der Waals surface area contributed by atoms with Crippen LogP contribution in [0.5, 0.6) is 0 Å². The van der Waals surface area contributed by atoms with E-state index in [2.05, 4.69) is 64.7 Å². The number of rotatable bonds is 1. The van der Waals surface area contributed by atoms with Crippen LogP contribution in [-0.2, 0) is 0 Å². The van der Waals surface area contributed by atoms with Crippen LogP contribution < -0.4 is 0 Å². The second-order valence-corrected chi connectivity index (χ2v) is 3.23. The molecule has 0 radical (unpaired) electrons. The molecule has 0 N–H and O–H groups in total. The molecule has 0 heterocycles. The van der Waals surface area contributed by atoms with Crippen LogP contribution in [0.15, 0.2) is 54.6 Å². The lowest BCUT2D eigenvalue weighted by Crippen LogP contribution is -1.76. The van der Waals surface area contributed by atoms with Crippen LogP contribution in [0.3, 0.4) is 0 Å². The Morgan fingerprint density at radius 2 is 1.06 bits per heavy atom. The Bertz CT molecular complexity index is 376. The molecular weight excluding hydrogens is 223 g/mol. The van der Waals surface area contributed by atoms with E-state index in [1.165, 1.54) is 16.7 Å². The van der Waals surface area contributed by atoms with E-state index in [1.807, 2.05) is 26.6 Å². The van der Waals surface area contributed by atoms with Crippen LogP contribution in [-0.4, -0.2) is 6.66 Å². The molecule has 2 aromatic rings. The summed E-state index contributed by atoms with van der Waals surface area (Å²) in [7, 11) is 2.42. The van der Waals surface area contributed by atoms with Gasteiger partial charge in [0, 0.05) is 0 Å². The van der Waals surface area contributed by atoms with Gasteiger partial charge in [-0.1, -0.05) is 80.7 Å². The zero-order valence-corrected chi connectivity index (χ0v) is 12.4. The van der Waals surface area contributed by atoms with Crippen molar-refractivity contribution in [3.8, 4) is 11.1 Å². The molecular formula is C16H23P. The zero-order valence-electron chi connectivity index (χ0n) is 11.3. The third kappa shape index (κ3) is 5.65. The second-order valence-electron chi connectivity index (χ2n) is 3.23. The zero-order chi connectivity index (χ0) is 13.1. The summed E-state index contributed by atoms with van der Waals surface area (Å²) in [5.74, 6) is 0. The molecule has 0 spiro atoms. The molecule has 17 heavy (non-hydrogen) atoms. The van der Waals surface area contributed by atoms with Gasteiger partial charge in [0.25, 0.3) is 0 Å². The van der Waals surface area contributed by atoms with Crippen molar-refractivity contribution in [1.82, 2.24) is 0 Å². The molecule has 0 bridgehead atoms. The van der Waals surface area contributed by atoms with Gasteiger partial charge in [-0.05, 0) is 18.1 Å². The highest BCUT2D eigenvalue weighted by atomic mass is 31.0. The fourth-order valence-corrected chi connectivity index (χ4v) is 1.38. The molecule has 0 saturated carbocycles. The van der Waals surface area contributed by atoms with E-state index in [1.54, 1.807) is 0 Å². The van der Waals surface area contributed by atoms with Gasteiger partial charge in [-0.3, -0.25) is 0 Å². The molecule has 1 unspecified atom stereocenters. The maximum absolute atomic E-state index is 2.42. The van der Waals surface area contributed by atoms with Crippen molar-refractivity contribution in [3.63, 3.8) is 0 Å². The van der Waals surface area contributed by atoms with Crippen LogP contribution in [0.25, 0.3) is 11.1 Å². The van der Waals surface area contributed by atoms with Crippen molar-refractivity contribution in [1.29, 1.82) is 0 Å². The molecule has 2 rings (SSSR count). The first kappa shape index (κ1) is 15.9. The standard InChI is InChI=1S/C13H12.C2H6.CH5P/c1-11-7-9-13(10-8-11)12-5-3-2-4-6-12;2*1-2/h2-10H,1H3;1-2H3;2H2,1H3. The van der Waals surface area contributed by atoms with Gasteiger partial charge in [-0.25, -0.2) is 0 Å². The normalized spacial score (nSPS) is 8.29. The Kier molecular flexibility index (Phi) is 9.38. The second kappa shape index (κ2) is 10.1. The van der Waals surface area contributed by atoms with Gasteiger partial charge in [0.05, 0.1) is 0 Å². The molecule has 0 aliphatic carbocycles. The Morgan fingerprint density at radius 3 is 1.53 bits per heavy atom. The number of benzene rings is 2. The summed E-state index contributed by atoms with van der Waals surface area (Å²) in [5, 5.41) is 0. The average molecular weight is 246 g/mol. The summed E-state index contributed by atoms with van der Waals surface area (Å²) < 4.78 is 0. The van der Waals surface area contributed by atoms with Gasteiger partial charge < -0.3 is 0 Å². The number of hydrogen-bond acceptors (Lipinski definition) is 0. The largest absolute Gasteiger partial charge is 0.141 e. The molecule has 0 nitrogen and oxygen atoms in total. The van der Waals surface area contributed by atoms with Gasteiger partial charge in [-0.15, -0.1) is 9.24 Å². The molecule has 2 aromatic carbocycles.